The van der Waals surface area contributed by atoms with E-state index in [-0.39, 0.29) is 11.6 Å². The number of halogens is 1. The van der Waals surface area contributed by atoms with E-state index in [0.717, 1.165) is 33.8 Å². The number of pyridine rings is 1. The van der Waals surface area contributed by atoms with Crippen LogP contribution in [0.4, 0.5) is 10.1 Å². The van der Waals surface area contributed by atoms with Gasteiger partial charge in [-0.15, -0.1) is 0 Å². The lowest BCUT2D eigenvalue weighted by molar-refractivity contribution is 0.0776. The number of ketones is 1. The second-order valence-electron chi connectivity index (χ2n) is 9.21. The Labute approximate surface area is 213 Å². The molecule has 3 aromatic rings. The van der Waals surface area contributed by atoms with E-state index in [1.54, 1.807) is 30.3 Å². The van der Waals surface area contributed by atoms with E-state index in [2.05, 4.69) is 19.5 Å². The van der Waals surface area contributed by atoms with E-state index in [9.17, 15) is 9.18 Å². The van der Waals surface area contributed by atoms with E-state index in [1.807, 2.05) is 38.3 Å². The summed E-state index contributed by atoms with van der Waals surface area (Å²) in [5, 5.41) is 7.11. The van der Waals surface area contributed by atoms with Crippen LogP contribution in [-0.4, -0.2) is 44.1 Å². The first-order valence-corrected chi connectivity index (χ1v) is 12.5. The Hall–Kier alpha value is -3.56. The van der Waals surface area contributed by atoms with Crippen LogP contribution in [0.3, 0.4) is 0 Å². The number of nitrogens with zero attached hydrogens (tertiary/aromatic N) is 4. The Bertz CT molecular complexity index is 1390. The minimum atomic E-state index is -0.823. The Morgan fingerprint density at radius 3 is 2.78 bits per heavy atom. The van der Waals surface area contributed by atoms with Gasteiger partial charge in [-0.05, 0) is 98.4 Å². The average molecular weight is 503 g/mol. The molecule has 9 heteroatoms. The molecule has 5 rings (SSSR count). The minimum Gasteiger partial charge on any atom is -0.404 e. The standard InChI is InChI=1S/C27H27FN6OS/c1-17-7-9-30-24(11-17)26(35)27-13-19(14-29)23(32-22-5-3-21(28)4-6-22)12-20(27)8-10-34(16-27)36-25-15-31-33-18(25)2/h3-7,9,11-12,14-15H,8,10,13,16,29H2,1-2H3,(H,31,33). The molecular formula is C27H27FN6OS. The number of aromatic nitrogens is 3. The van der Waals surface area contributed by atoms with E-state index >= 15 is 0 Å². The number of piperidine rings is 1. The zero-order chi connectivity index (χ0) is 25.3. The van der Waals surface area contributed by atoms with Gasteiger partial charge in [0.2, 0.25) is 0 Å². The topological polar surface area (TPSA) is 100 Å². The lowest BCUT2D eigenvalue weighted by Gasteiger charge is -2.45. The quantitative estimate of drug-likeness (QED) is 0.372. The predicted molar refractivity (Wildman–Crippen MR) is 140 cm³/mol. The molecule has 0 spiro atoms. The fourth-order valence-corrected chi connectivity index (χ4v) is 5.80. The Balaban J connectivity index is 1.57. The van der Waals surface area contributed by atoms with Gasteiger partial charge in [0.25, 0.3) is 0 Å². The molecule has 1 saturated heterocycles. The fraction of sp³-hybridized carbons (Fsp3) is 0.259. The lowest BCUT2D eigenvalue weighted by atomic mass is 9.64. The molecule has 0 radical (unpaired) electrons. The summed E-state index contributed by atoms with van der Waals surface area (Å²) in [5.74, 6) is -0.338. The van der Waals surface area contributed by atoms with Crippen molar-refractivity contribution in [3.8, 4) is 0 Å². The van der Waals surface area contributed by atoms with Crippen LogP contribution in [0.15, 0.2) is 82.1 Å². The summed E-state index contributed by atoms with van der Waals surface area (Å²) in [7, 11) is 0. The van der Waals surface area contributed by atoms with Gasteiger partial charge in [0, 0.05) is 25.0 Å². The smallest absolute Gasteiger partial charge is 0.193 e. The molecule has 0 saturated carbocycles. The van der Waals surface area contributed by atoms with Gasteiger partial charge < -0.3 is 5.73 Å². The molecule has 1 aliphatic carbocycles. The number of H-pyrrole nitrogens is 1. The third-order valence-electron chi connectivity index (χ3n) is 6.69. The molecule has 1 unspecified atom stereocenters. The monoisotopic (exact) mass is 502 g/mol. The molecule has 1 aliphatic heterocycles. The van der Waals surface area contributed by atoms with Crippen molar-refractivity contribution in [2.45, 2.75) is 31.6 Å². The first-order chi connectivity index (χ1) is 17.4. The number of carbonyl (C=O) groups is 1. The van der Waals surface area contributed by atoms with Crippen LogP contribution in [0.2, 0.25) is 0 Å². The Morgan fingerprint density at radius 2 is 2.08 bits per heavy atom. The van der Waals surface area contributed by atoms with E-state index in [0.29, 0.717) is 36.5 Å². The van der Waals surface area contributed by atoms with E-state index < -0.39 is 5.41 Å². The molecule has 1 fully saturated rings. The van der Waals surface area contributed by atoms with Gasteiger partial charge in [-0.1, -0.05) is 5.57 Å². The molecule has 36 heavy (non-hydrogen) atoms. The summed E-state index contributed by atoms with van der Waals surface area (Å²) in [6.07, 6.45) is 8.11. The number of aliphatic imine (C=N–C) groups is 1. The van der Waals surface area contributed by atoms with Gasteiger partial charge in [-0.2, -0.15) is 5.10 Å². The summed E-state index contributed by atoms with van der Waals surface area (Å²) in [4.78, 5) is 24.4. The number of rotatable bonds is 5. The summed E-state index contributed by atoms with van der Waals surface area (Å²) in [5.41, 5.74) is 10.8. The van der Waals surface area contributed by atoms with Gasteiger partial charge in [-0.25, -0.2) is 13.7 Å². The number of nitrogens with two attached hydrogens (primary N) is 1. The van der Waals surface area contributed by atoms with Crippen molar-refractivity contribution in [3.05, 3.63) is 95.0 Å². The number of hydrogen-bond acceptors (Lipinski definition) is 7. The molecular weight excluding hydrogens is 475 g/mol. The number of Topliss-reactive ketones (excluding diaryl/α,β-unsaturated/α-hetero) is 1. The highest BCUT2D eigenvalue weighted by Gasteiger charge is 2.49. The molecule has 3 N–H and O–H groups in total. The van der Waals surface area contributed by atoms with Crippen molar-refractivity contribution in [3.63, 3.8) is 0 Å². The zero-order valence-electron chi connectivity index (χ0n) is 20.2. The summed E-state index contributed by atoms with van der Waals surface area (Å²) < 4.78 is 15.6. The predicted octanol–water partition coefficient (Wildman–Crippen LogP) is 5.09. The van der Waals surface area contributed by atoms with Crippen LogP contribution < -0.4 is 5.73 Å². The van der Waals surface area contributed by atoms with Crippen LogP contribution in [0.5, 0.6) is 0 Å². The number of aromatic amines is 1. The second kappa shape index (κ2) is 9.83. The van der Waals surface area contributed by atoms with Crippen molar-refractivity contribution in [2.75, 3.05) is 13.1 Å². The van der Waals surface area contributed by atoms with Crippen molar-refractivity contribution >= 4 is 29.1 Å². The lowest BCUT2D eigenvalue weighted by Crippen LogP contribution is -2.49. The largest absolute Gasteiger partial charge is 0.404 e. The van der Waals surface area contributed by atoms with E-state index in [4.69, 9.17) is 10.7 Å². The molecule has 0 bridgehead atoms. The SMILES string of the molecule is Cc1ccnc(C(=O)C23CC(=CN)C(=Nc4ccc(F)cc4)C=C2CCN(Sc2cn[nH]c2C)C3)c1. The number of fused-ring (bicyclic) bond motifs is 1. The Morgan fingerprint density at radius 1 is 1.28 bits per heavy atom. The van der Waals surface area contributed by atoms with Gasteiger partial charge in [-0.3, -0.25) is 14.9 Å². The summed E-state index contributed by atoms with van der Waals surface area (Å²) in [6, 6.07) is 9.75. The molecule has 1 aromatic carbocycles. The average Bonchev–Trinajstić information content (AvgIpc) is 3.28. The summed E-state index contributed by atoms with van der Waals surface area (Å²) in [6.45, 7) is 5.21. The first-order valence-electron chi connectivity index (χ1n) is 11.7. The number of nitrogens with one attached hydrogen (secondary N) is 1. The normalized spacial score (nSPS) is 22.5. The number of carbonyl (C=O) groups excluding carboxylic acids is 1. The molecule has 184 valence electrons. The van der Waals surface area contributed by atoms with Crippen LogP contribution in [0.25, 0.3) is 0 Å². The number of hydrogen-bond donors (Lipinski definition) is 2. The fourth-order valence-electron chi connectivity index (χ4n) is 4.77. The van der Waals surface area contributed by atoms with Gasteiger partial charge in [0.05, 0.1) is 27.9 Å². The second-order valence-corrected chi connectivity index (χ2v) is 10.3. The van der Waals surface area contributed by atoms with Crippen molar-refractivity contribution in [2.24, 2.45) is 16.1 Å². The van der Waals surface area contributed by atoms with Crippen LogP contribution in [0.1, 0.15) is 34.6 Å². The molecule has 0 amide bonds. The van der Waals surface area contributed by atoms with Crippen LogP contribution >= 0.6 is 11.9 Å². The molecule has 3 heterocycles. The first kappa shape index (κ1) is 24.1. The number of aryl methyl sites for hydroxylation is 2. The Kier molecular flexibility index (Phi) is 6.59. The third-order valence-corrected chi connectivity index (χ3v) is 7.87. The highest BCUT2D eigenvalue weighted by Crippen LogP contribution is 2.48. The van der Waals surface area contributed by atoms with Crippen LogP contribution in [-0.2, 0) is 0 Å². The van der Waals surface area contributed by atoms with Crippen LogP contribution in [0, 0.1) is 25.1 Å². The highest BCUT2D eigenvalue weighted by atomic mass is 32.2. The van der Waals surface area contributed by atoms with Crippen molar-refractivity contribution in [1.82, 2.24) is 19.5 Å². The number of benzene rings is 1. The van der Waals surface area contributed by atoms with Gasteiger partial charge >= 0.3 is 0 Å². The molecule has 7 nitrogen and oxygen atoms in total. The maximum atomic E-state index is 14.2. The van der Waals surface area contributed by atoms with Gasteiger partial charge in [0.15, 0.2) is 5.78 Å². The third kappa shape index (κ3) is 4.64. The van der Waals surface area contributed by atoms with Crippen molar-refractivity contribution in [1.29, 1.82) is 0 Å². The van der Waals surface area contributed by atoms with Crippen molar-refractivity contribution < 1.29 is 9.18 Å². The maximum Gasteiger partial charge on any atom is 0.193 e. The van der Waals surface area contributed by atoms with Gasteiger partial charge in [0.1, 0.15) is 11.5 Å². The number of allylic oxidation sites excluding steroid dienone is 2. The molecule has 1 atom stereocenters. The molecule has 2 aliphatic rings. The minimum absolute atomic E-state index is 0.0214. The maximum absolute atomic E-state index is 14.2. The van der Waals surface area contributed by atoms with E-state index in [1.165, 1.54) is 18.3 Å². The zero-order valence-corrected chi connectivity index (χ0v) is 21.0. The molecule has 2 aromatic heterocycles. The summed E-state index contributed by atoms with van der Waals surface area (Å²) >= 11 is 1.60. The highest BCUT2D eigenvalue weighted by molar-refractivity contribution is 7.97.